The monoisotopic (exact) mass is 554 g/mol. The molecule has 0 aromatic heterocycles. The average Bonchev–Trinajstić information content (AvgIpc) is 2.94. The van der Waals surface area contributed by atoms with Gasteiger partial charge in [-0.25, -0.2) is 0 Å². The topological polar surface area (TPSA) is 69.6 Å². The van der Waals surface area contributed by atoms with Gasteiger partial charge < -0.3 is 15.5 Å². The van der Waals surface area contributed by atoms with E-state index in [1.165, 1.54) is 148 Å². The first-order chi connectivity index (χ1) is 19.2. The second kappa shape index (κ2) is 31.9. The summed E-state index contributed by atoms with van der Waals surface area (Å²) in [6, 6.07) is -0.526. The van der Waals surface area contributed by atoms with Crippen LogP contribution >= 0.6 is 0 Å². The number of hydrogen-bond acceptors (Lipinski definition) is 3. The van der Waals surface area contributed by atoms with E-state index in [0.29, 0.717) is 12.8 Å². The number of carbonyl (C=O) groups is 1. The van der Waals surface area contributed by atoms with Crippen LogP contribution in [0.15, 0.2) is 0 Å². The molecular formula is C35H71NO3. The summed E-state index contributed by atoms with van der Waals surface area (Å²) in [7, 11) is 0. The van der Waals surface area contributed by atoms with Gasteiger partial charge in [0, 0.05) is 6.42 Å². The first-order valence-corrected chi connectivity index (χ1v) is 17.7. The van der Waals surface area contributed by atoms with Crippen molar-refractivity contribution < 1.29 is 15.0 Å². The van der Waals surface area contributed by atoms with Gasteiger partial charge in [0.05, 0.1) is 18.8 Å². The van der Waals surface area contributed by atoms with Crippen LogP contribution < -0.4 is 5.32 Å². The van der Waals surface area contributed by atoms with Gasteiger partial charge in [0.2, 0.25) is 5.91 Å². The van der Waals surface area contributed by atoms with Crippen molar-refractivity contribution >= 4 is 5.91 Å². The van der Waals surface area contributed by atoms with Gasteiger partial charge in [0.25, 0.3) is 0 Å². The quantitative estimate of drug-likeness (QED) is 0.0726. The number of rotatable bonds is 32. The van der Waals surface area contributed by atoms with Crippen molar-refractivity contribution in [2.24, 2.45) is 0 Å². The minimum atomic E-state index is -0.650. The minimum Gasteiger partial charge on any atom is -0.394 e. The fourth-order valence-electron chi connectivity index (χ4n) is 5.59. The van der Waals surface area contributed by atoms with Crippen molar-refractivity contribution in [3.8, 4) is 0 Å². The van der Waals surface area contributed by atoms with Crippen molar-refractivity contribution in [2.45, 2.75) is 212 Å². The SMILES string of the molecule is CCCCCCCCCCCCCCCCCC(O)C(CO)NC(=O)CCCCCCCCCCCCCC. The third kappa shape index (κ3) is 28.7. The summed E-state index contributed by atoms with van der Waals surface area (Å²) in [6.45, 7) is 4.35. The van der Waals surface area contributed by atoms with Crippen molar-refractivity contribution in [3.05, 3.63) is 0 Å². The molecule has 4 nitrogen and oxygen atoms in total. The van der Waals surface area contributed by atoms with Crippen molar-refractivity contribution in [2.75, 3.05) is 6.61 Å². The van der Waals surface area contributed by atoms with Crippen molar-refractivity contribution in [1.29, 1.82) is 0 Å². The number of aliphatic hydroxyl groups is 2. The molecule has 39 heavy (non-hydrogen) atoms. The van der Waals surface area contributed by atoms with Crippen LogP contribution in [0.5, 0.6) is 0 Å². The standard InChI is InChI=1S/C35H71NO3/c1-3-5-7-9-11-13-15-17-18-19-20-22-24-26-28-30-34(38)33(32-37)36-35(39)31-29-27-25-23-21-16-14-12-10-8-6-4-2/h33-34,37-38H,3-32H2,1-2H3,(H,36,39). The molecule has 0 fully saturated rings. The smallest absolute Gasteiger partial charge is 0.220 e. The average molecular weight is 554 g/mol. The molecule has 0 aliphatic rings. The molecule has 0 saturated heterocycles. The largest absolute Gasteiger partial charge is 0.394 e. The van der Waals surface area contributed by atoms with E-state index in [0.717, 1.165) is 25.7 Å². The van der Waals surface area contributed by atoms with E-state index < -0.39 is 12.1 Å². The zero-order valence-electron chi connectivity index (χ0n) is 26.7. The Morgan fingerprint density at radius 1 is 0.513 bits per heavy atom. The number of aliphatic hydroxyl groups excluding tert-OH is 2. The Labute approximate surface area is 244 Å². The molecule has 0 radical (unpaired) electrons. The molecule has 0 bridgehead atoms. The van der Waals surface area contributed by atoms with Gasteiger partial charge >= 0.3 is 0 Å². The van der Waals surface area contributed by atoms with Crippen LogP contribution in [0.4, 0.5) is 0 Å². The van der Waals surface area contributed by atoms with Crippen molar-refractivity contribution in [3.63, 3.8) is 0 Å². The van der Waals surface area contributed by atoms with Gasteiger partial charge in [-0.15, -0.1) is 0 Å². The third-order valence-corrected chi connectivity index (χ3v) is 8.37. The van der Waals surface area contributed by atoms with Crippen LogP contribution in [0, 0.1) is 0 Å². The first kappa shape index (κ1) is 38.4. The van der Waals surface area contributed by atoms with Crippen LogP contribution in [0.1, 0.15) is 200 Å². The Morgan fingerprint density at radius 3 is 1.15 bits per heavy atom. The summed E-state index contributed by atoms with van der Waals surface area (Å²) < 4.78 is 0. The Bertz CT molecular complexity index is 485. The lowest BCUT2D eigenvalue weighted by Gasteiger charge is -2.22. The molecule has 0 rings (SSSR count). The second-order valence-corrected chi connectivity index (χ2v) is 12.3. The molecule has 234 valence electrons. The fourth-order valence-corrected chi connectivity index (χ4v) is 5.59. The van der Waals surface area contributed by atoms with Crippen LogP contribution in [0.3, 0.4) is 0 Å². The number of unbranched alkanes of at least 4 members (excludes halogenated alkanes) is 25. The Balaban J connectivity index is 3.53. The van der Waals surface area contributed by atoms with Gasteiger partial charge in [0.1, 0.15) is 0 Å². The lowest BCUT2D eigenvalue weighted by atomic mass is 10.0. The maximum absolute atomic E-state index is 12.3. The molecule has 0 aromatic rings. The zero-order valence-corrected chi connectivity index (χ0v) is 26.7. The van der Waals surface area contributed by atoms with Gasteiger partial charge in [-0.2, -0.15) is 0 Å². The van der Waals surface area contributed by atoms with Crippen LogP contribution in [0.2, 0.25) is 0 Å². The summed E-state index contributed by atoms with van der Waals surface area (Å²) in [5.74, 6) is -0.0309. The molecule has 4 heteroatoms. The van der Waals surface area contributed by atoms with E-state index in [9.17, 15) is 15.0 Å². The Hall–Kier alpha value is -0.610. The molecule has 0 aromatic carbocycles. The van der Waals surface area contributed by atoms with E-state index in [1.54, 1.807) is 0 Å². The highest BCUT2D eigenvalue weighted by Gasteiger charge is 2.19. The van der Waals surface area contributed by atoms with Crippen LogP contribution in [0.25, 0.3) is 0 Å². The molecule has 0 saturated carbocycles. The Morgan fingerprint density at radius 2 is 0.821 bits per heavy atom. The highest BCUT2D eigenvalue weighted by molar-refractivity contribution is 5.76. The van der Waals surface area contributed by atoms with Crippen molar-refractivity contribution in [1.82, 2.24) is 5.32 Å². The molecule has 1 amide bonds. The number of amides is 1. The van der Waals surface area contributed by atoms with Gasteiger partial charge in [-0.1, -0.05) is 181 Å². The third-order valence-electron chi connectivity index (χ3n) is 8.37. The highest BCUT2D eigenvalue weighted by Crippen LogP contribution is 2.15. The second-order valence-electron chi connectivity index (χ2n) is 12.3. The molecule has 0 heterocycles. The summed E-state index contributed by atoms with van der Waals surface area (Å²) in [5.41, 5.74) is 0. The van der Waals surface area contributed by atoms with E-state index in [2.05, 4.69) is 19.2 Å². The fraction of sp³-hybridized carbons (Fsp3) is 0.971. The van der Waals surface area contributed by atoms with Gasteiger partial charge in [0.15, 0.2) is 0 Å². The normalized spacial score (nSPS) is 13.0. The van der Waals surface area contributed by atoms with Crippen LogP contribution in [-0.2, 0) is 4.79 Å². The molecule has 0 spiro atoms. The molecule has 2 unspecified atom stereocenters. The lowest BCUT2D eigenvalue weighted by molar-refractivity contribution is -0.123. The van der Waals surface area contributed by atoms with E-state index >= 15 is 0 Å². The van der Waals surface area contributed by atoms with Crippen LogP contribution in [-0.4, -0.2) is 34.9 Å². The van der Waals surface area contributed by atoms with Gasteiger partial charge in [-0.05, 0) is 12.8 Å². The maximum Gasteiger partial charge on any atom is 0.220 e. The predicted molar refractivity (Wildman–Crippen MR) is 170 cm³/mol. The summed E-state index contributed by atoms with van der Waals surface area (Å²) in [5, 5.41) is 23.0. The number of nitrogens with one attached hydrogen (secondary N) is 1. The molecule has 2 atom stereocenters. The van der Waals surface area contributed by atoms with E-state index in [1.807, 2.05) is 0 Å². The predicted octanol–water partition coefficient (Wildman–Crippen LogP) is 10.2. The minimum absolute atomic E-state index is 0.0309. The molecule has 0 aliphatic heterocycles. The maximum atomic E-state index is 12.3. The molecule has 3 N–H and O–H groups in total. The summed E-state index contributed by atoms with van der Waals surface area (Å²) in [4.78, 5) is 12.3. The van der Waals surface area contributed by atoms with E-state index in [4.69, 9.17) is 0 Å². The van der Waals surface area contributed by atoms with Gasteiger partial charge in [-0.3, -0.25) is 4.79 Å². The molecular weight excluding hydrogens is 482 g/mol. The Kier molecular flexibility index (Phi) is 31.4. The number of hydrogen-bond donors (Lipinski definition) is 3. The summed E-state index contributed by atoms with van der Waals surface area (Å²) >= 11 is 0. The molecule has 0 aliphatic carbocycles. The van der Waals surface area contributed by atoms with E-state index in [-0.39, 0.29) is 12.5 Å². The highest BCUT2D eigenvalue weighted by atomic mass is 16.3. The first-order valence-electron chi connectivity index (χ1n) is 17.7. The number of carbonyl (C=O) groups excluding carboxylic acids is 1. The summed E-state index contributed by atoms with van der Waals surface area (Å²) in [6.07, 6.45) is 35.8. The zero-order chi connectivity index (χ0) is 28.7. The lowest BCUT2D eigenvalue weighted by Crippen LogP contribution is -2.45.